The summed E-state index contributed by atoms with van der Waals surface area (Å²) in [5.74, 6) is 0. The van der Waals surface area contributed by atoms with Crippen molar-refractivity contribution in [2.75, 3.05) is 13.7 Å². The Bertz CT molecular complexity index is 311. The molecule has 0 spiro atoms. The van der Waals surface area contributed by atoms with Crippen LogP contribution < -0.4 is 5.56 Å². The number of rotatable bonds is 3. The number of halogens is 1. The fourth-order valence-corrected chi connectivity index (χ4v) is 0.916. The molecule has 0 unspecified atom stereocenters. The zero-order valence-electron chi connectivity index (χ0n) is 6.66. The third-order valence-corrected chi connectivity index (χ3v) is 1.54. The van der Waals surface area contributed by atoms with Gasteiger partial charge in [-0.15, -0.1) is 0 Å². The average Bonchev–Trinajstić information content (AvgIpc) is 2.07. The predicted octanol–water partition coefficient (Wildman–Crippen LogP) is 0.543. The molecule has 1 aromatic rings. The first-order valence-corrected chi connectivity index (χ1v) is 3.84. The second-order valence-corrected chi connectivity index (χ2v) is 2.60. The van der Waals surface area contributed by atoms with Gasteiger partial charge in [0.2, 0.25) is 0 Å². The number of hydrogen-bond donors (Lipinski definition) is 0. The maximum absolute atomic E-state index is 11.1. The van der Waals surface area contributed by atoms with Crippen LogP contribution in [0.5, 0.6) is 0 Å². The minimum atomic E-state index is -0.170. The van der Waals surface area contributed by atoms with Crippen LogP contribution >= 0.6 is 11.6 Å². The zero-order valence-corrected chi connectivity index (χ0v) is 7.41. The molecule has 0 aliphatic heterocycles. The van der Waals surface area contributed by atoms with Crippen LogP contribution in [0.25, 0.3) is 0 Å². The van der Waals surface area contributed by atoms with E-state index in [1.165, 1.54) is 16.8 Å². The Morgan fingerprint density at radius 1 is 1.67 bits per heavy atom. The maximum Gasteiger partial charge on any atom is 0.266 e. The van der Waals surface area contributed by atoms with Crippen molar-refractivity contribution in [3.63, 3.8) is 0 Å². The molecular weight excluding hydrogens is 180 g/mol. The molecule has 0 radical (unpaired) electrons. The number of methoxy groups -OCH3 is 1. The Morgan fingerprint density at radius 2 is 2.42 bits per heavy atom. The summed E-state index contributed by atoms with van der Waals surface area (Å²) in [7, 11) is 1.57. The molecule has 0 atom stereocenters. The molecule has 66 valence electrons. The second kappa shape index (κ2) is 4.23. The third kappa shape index (κ3) is 2.32. The molecular formula is C7H9ClN2O2. The largest absolute Gasteiger partial charge is 0.383 e. The molecule has 0 aliphatic rings. The lowest BCUT2D eigenvalue weighted by Crippen LogP contribution is -2.23. The Morgan fingerprint density at radius 3 is 3.08 bits per heavy atom. The van der Waals surface area contributed by atoms with Gasteiger partial charge in [-0.25, -0.2) is 4.68 Å². The summed E-state index contributed by atoms with van der Waals surface area (Å²) in [6.45, 7) is 0.878. The summed E-state index contributed by atoms with van der Waals surface area (Å²) in [5.41, 5.74) is -0.170. The van der Waals surface area contributed by atoms with Crippen molar-refractivity contribution >= 4 is 11.6 Å². The highest BCUT2D eigenvalue weighted by Gasteiger charge is 1.96. The van der Waals surface area contributed by atoms with Gasteiger partial charge < -0.3 is 4.74 Å². The summed E-state index contributed by atoms with van der Waals surface area (Å²) in [6, 6.07) is 2.85. The minimum absolute atomic E-state index is 0.170. The molecule has 0 saturated carbocycles. The highest BCUT2D eigenvalue weighted by molar-refractivity contribution is 6.29. The first kappa shape index (κ1) is 9.22. The topological polar surface area (TPSA) is 44.1 Å². The van der Waals surface area contributed by atoms with Gasteiger partial charge in [0.1, 0.15) is 5.15 Å². The highest BCUT2D eigenvalue weighted by atomic mass is 35.5. The Kier molecular flexibility index (Phi) is 3.25. The molecule has 0 aliphatic carbocycles. The van der Waals surface area contributed by atoms with Gasteiger partial charge in [0.25, 0.3) is 5.56 Å². The van der Waals surface area contributed by atoms with Crippen molar-refractivity contribution in [1.29, 1.82) is 0 Å². The highest BCUT2D eigenvalue weighted by Crippen LogP contribution is 1.97. The van der Waals surface area contributed by atoms with Gasteiger partial charge in [0.05, 0.1) is 13.2 Å². The number of nitrogens with zero attached hydrogens (tertiary/aromatic N) is 2. The molecule has 0 fully saturated rings. The Balaban J connectivity index is 2.83. The lowest BCUT2D eigenvalue weighted by Gasteiger charge is -2.02. The molecule has 1 heterocycles. The number of aromatic nitrogens is 2. The monoisotopic (exact) mass is 188 g/mol. The van der Waals surface area contributed by atoms with E-state index in [1.54, 1.807) is 7.11 Å². The molecule has 1 rings (SSSR count). The van der Waals surface area contributed by atoms with Gasteiger partial charge in [-0.05, 0) is 6.07 Å². The van der Waals surface area contributed by atoms with E-state index in [9.17, 15) is 4.79 Å². The molecule has 0 amide bonds. The van der Waals surface area contributed by atoms with Crippen molar-refractivity contribution in [1.82, 2.24) is 9.78 Å². The summed E-state index contributed by atoms with van der Waals surface area (Å²) < 4.78 is 6.07. The molecule has 5 heteroatoms. The zero-order chi connectivity index (χ0) is 8.97. The van der Waals surface area contributed by atoms with Crippen LogP contribution in [0.15, 0.2) is 16.9 Å². The second-order valence-electron chi connectivity index (χ2n) is 2.21. The van der Waals surface area contributed by atoms with E-state index in [0.717, 1.165) is 0 Å². The summed E-state index contributed by atoms with van der Waals surface area (Å²) >= 11 is 5.58. The summed E-state index contributed by atoms with van der Waals surface area (Å²) in [5, 5.41) is 4.11. The van der Waals surface area contributed by atoms with Crippen LogP contribution in [-0.4, -0.2) is 23.5 Å². The third-order valence-electron chi connectivity index (χ3n) is 1.34. The lowest BCUT2D eigenvalue weighted by atomic mass is 10.5. The van der Waals surface area contributed by atoms with Crippen molar-refractivity contribution in [3.8, 4) is 0 Å². The SMILES string of the molecule is COCCn1nc(Cl)ccc1=O. The quantitative estimate of drug-likeness (QED) is 0.696. The fourth-order valence-electron chi connectivity index (χ4n) is 0.762. The number of ether oxygens (including phenoxy) is 1. The van der Waals surface area contributed by atoms with E-state index in [4.69, 9.17) is 16.3 Å². The van der Waals surface area contributed by atoms with E-state index in [1.807, 2.05) is 0 Å². The van der Waals surface area contributed by atoms with Crippen molar-refractivity contribution in [3.05, 3.63) is 27.6 Å². The maximum atomic E-state index is 11.1. The van der Waals surface area contributed by atoms with E-state index < -0.39 is 0 Å². The first-order valence-electron chi connectivity index (χ1n) is 3.46. The van der Waals surface area contributed by atoms with Gasteiger partial charge in [0.15, 0.2) is 0 Å². The number of hydrogen-bond acceptors (Lipinski definition) is 3. The minimum Gasteiger partial charge on any atom is -0.383 e. The van der Waals surface area contributed by atoms with Crippen LogP contribution in [0, 0.1) is 0 Å². The standard InChI is InChI=1S/C7H9ClN2O2/c1-12-5-4-10-7(11)3-2-6(8)9-10/h2-3H,4-5H2,1H3. The molecule has 0 N–H and O–H groups in total. The van der Waals surface area contributed by atoms with E-state index in [0.29, 0.717) is 18.3 Å². The van der Waals surface area contributed by atoms with Gasteiger partial charge >= 0.3 is 0 Å². The Hall–Kier alpha value is -0.870. The van der Waals surface area contributed by atoms with Crippen LogP contribution in [-0.2, 0) is 11.3 Å². The summed E-state index contributed by atoms with van der Waals surface area (Å²) in [6.07, 6.45) is 0. The smallest absolute Gasteiger partial charge is 0.266 e. The van der Waals surface area contributed by atoms with Gasteiger partial charge in [-0.2, -0.15) is 5.10 Å². The molecule has 0 bridgehead atoms. The van der Waals surface area contributed by atoms with Crippen molar-refractivity contribution in [2.24, 2.45) is 0 Å². The van der Waals surface area contributed by atoms with Crippen LogP contribution in [0.3, 0.4) is 0 Å². The van der Waals surface area contributed by atoms with E-state index in [2.05, 4.69) is 5.10 Å². The molecule has 0 saturated heterocycles. The molecule has 1 aromatic heterocycles. The van der Waals surface area contributed by atoms with Gasteiger partial charge in [-0.3, -0.25) is 4.79 Å². The first-order chi connectivity index (χ1) is 5.74. The van der Waals surface area contributed by atoms with Crippen LogP contribution in [0.2, 0.25) is 5.15 Å². The molecule has 0 aromatic carbocycles. The van der Waals surface area contributed by atoms with Gasteiger partial charge in [-0.1, -0.05) is 11.6 Å². The van der Waals surface area contributed by atoms with Gasteiger partial charge in [0, 0.05) is 13.2 Å². The molecule has 12 heavy (non-hydrogen) atoms. The Labute approximate surface area is 74.7 Å². The van der Waals surface area contributed by atoms with Crippen molar-refractivity contribution < 1.29 is 4.74 Å². The average molecular weight is 189 g/mol. The fraction of sp³-hybridized carbons (Fsp3) is 0.429. The van der Waals surface area contributed by atoms with E-state index >= 15 is 0 Å². The summed E-state index contributed by atoms with van der Waals surface area (Å²) in [4.78, 5) is 11.1. The molecule has 4 nitrogen and oxygen atoms in total. The van der Waals surface area contributed by atoms with Crippen molar-refractivity contribution in [2.45, 2.75) is 6.54 Å². The normalized spacial score (nSPS) is 10.2. The van der Waals surface area contributed by atoms with Crippen LogP contribution in [0.1, 0.15) is 0 Å². The van der Waals surface area contributed by atoms with E-state index in [-0.39, 0.29) is 5.56 Å². The predicted molar refractivity (Wildman–Crippen MR) is 45.4 cm³/mol. The lowest BCUT2D eigenvalue weighted by molar-refractivity contribution is 0.182. The van der Waals surface area contributed by atoms with Crippen LogP contribution in [0.4, 0.5) is 0 Å².